The minimum atomic E-state index is -0.112. The molecule has 148 valence electrons. The van der Waals surface area contributed by atoms with Crippen LogP contribution in [0.4, 0.5) is 0 Å². The van der Waals surface area contributed by atoms with Gasteiger partial charge in [0.15, 0.2) is 0 Å². The maximum atomic E-state index is 13.1. The summed E-state index contributed by atoms with van der Waals surface area (Å²) >= 11 is 0. The maximum Gasteiger partial charge on any atom is 0.229 e. The van der Waals surface area contributed by atoms with Gasteiger partial charge in [-0.2, -0.15) is 0 Å². The number of rotatable bonds is 3. The molecule has 1 saturated heterocycles. The van der Waals surface area contributed by atoms with E-state index in [1.54, 1.807) is 0 Å². The molecule has 5 nitrogen and oxygen atoms in total. The molecule has 1 aromatic heterocycles. The van der Waals surface area contributed by atoms with Crippen LogP contribution in [0.1, 0.15) is 59.8 Å². The van der Waals surface area contributed by atoms with Crippen molar-refractivity contribution in [2.24, 2.45) is 0 Å². The summed E-state index contributed by atoms with van der Waals surface area (Å²) in [6.07, 6.45) is 5.06. The number of piperidine rings is 1. The lowest BCUT2D eigenvalue weighted by Crippen LogP contribution is -2.41. The lowest BCUT2D eigenvalue weighted by molar-refractivity contribution is -0.133. The number of hydrogen-bond donors (Lipinski definition) is 0. The predicted molar refractivity (Wildman–Crippen MR) is 110 cm³/mol. The summed E-state index contributed by atoms with van der Waals surface area (Å²) in [7, 11) is 2.14. The predicted octanol–water partition coefficient (Wildman–Crippen LogP) is 3.28. The average Bonchev–Trinajstić information content (AvgIpc) is 2.73. The Morgan fingerprint density at radius 3 is 2.79 bits per heavy atom. The number of aryl methyl sites for hydroxylation is 1. The number of likely N-dealkylation sites (N-methyl/N-ethyl adjacent to an activating group) is 1. The van der Waals surface area contributed by atoms with E-state index in [2.05, 4.69) is 48.1 Å². The van der Waals surface area contributed by atoms with Crippen molar-refractivity contribution in [1.82, 2.24) is 19.8 Å². The lowest BCUT2D eigenvalue weighted by atomic mass is 9.93. The van der Waals surface area contributed by atoms with Crippen molar-refractivity contribution in [3.63, 3.8) is 0 Å². The van der Waals surface area contributed by atoms with Crippen LogP contribution < -0.4 is 0 Å². The molecule has 4 rings (SSSR count). The van der Waals surface area contributed by atoms with Crippen molar-refractivity contribution in [3.05, 3.63) is 58.7 Å². The van der Waals surface area contributed by atoms with Crippen LogP contribution in [0.2, 0.25) is 0 Å². The summed E-state index contributed by atoms with van der Waals surface area (Å²) < 4.78 is 0. The first kappa shape index (κ1) is 19.1. The molecule has 1 aromatic carbocycles. The fraction of sp³-hybridized carbons (Fsp3) is 0.522. The molecule has 1 amide bonds. The van der Waals surface area contributed by atoms with Crippen LogP contribution in [-0.2, 0) is 17.8 Å². The Balaban J connectivity index is 1.47. The number of amides is 1. The molecule has 0 saturated carbocycles. The van der Waals surface area contributed by atoms with Gasteiger partial charge in [0.1, 0.15) is 5.82 Å². The topological polar surface area (TPSA) is 49.3 Å². The van der Waals surface area contributed by atoms with E-state index < -0.39 is 0 Å². The van der Waals surface area contributed by atoms with E-state index >= 15 is 0 Å². The molecule has 0 N–H and O–H groups in total. The van der Waals surface area contributed by atoms with Gasteiger partial charge in [0, 0.05) is 56.0 Å². The van der Waals surface area contributed by atoms with Gasteiger partial charge in [-0.05, 0) is 39.3 Å². The van der Waals surface area contributed by atoms with Gasteiger partial charge in [-0.3, -0.25) is 4.79 Å². The minimum absolute atomic E-state index is 0.112. The van der Waals surface area contributed by atoms with E-state index in [-0.39, 0.29) is 17.7 Å². The quantitative estimate of drug-likeness (QED) is 0.822. The van der Waals surface area contributed by atoms with Crippen LogP contribution in [0.3, 0.4) is 0 Å². The summed E-state index contributed by atoms with van der Waals surface area (Å²) in [6.45, 7) is 7.63. The first-order valence-corrected chi connectivity index (χ1v) is 10.4. The van der Waals surface area contributed by atoms with E-state index in [9.17, 15) is 4.79 Å². The summed E-state index contributed by atoms with van der Waals surface area (Å²) in [5.74, 6) is 1.27. The third kappa shape index (κ3) is 3.95. The molecule has 2 aromatic rings. The molecular weight excluding hydrogens is 348 g/mol. The van der Waals surface area contributed by atoms with E-state index in [4.69, 9.17) is 4.98 Å². The van der Waals surface area contributed by atoms with E-state index in [1.165, 1.54) is 16.8 Å². The Kier molecular flexibility index (Phi) is 5.44. The molecule has 0 radical (unpaired) electrons. The SMILES string of the molecule is Cc1ccc(C(C)C(=O)N2CCCC(c3ncc4c(n3)CCN(C)C4)C2)cc1. The van der Waals surface area contributed by atoms with Crippen molar-refractivity contribution >= 4 is 5.91 Å². The molecular formula is C23H30N4O. The summed E-state index contributed by atoms with van der Waals surface area (Å²) in [5, 5.41) is 0. The zero-order chi connectivity index (χ0) is 19.7. The van der Waals surface area contributed by atoms with E-state index in [0.717, 1.165) is 56.8 Å². The van der Waals surface area contributed by atoms with Gasteiger partial charge in [-0.25, -0.2) is 9.97 Å². The number of fused-ring (bicyclic) bond motifs is 1. The fourth-order valence-electron chi connectivity index (χ4n) is 4.33. The Labute approximate surface area is 167 Å². The molecule has 2 atom stereocenters. The van der Waals surface area contributed by atoms with E-state index in [1.807, 2.05) is 18.0 Å². The summed E-state index contributed by atoms with van der Waals surface area (Å²) in [4.78, 5) is 27.0. The number of nitrogens with zero attached hydrogens (tertiary/aromatic N) is 4. The Hall–Kier alpha value is -2.27. The smallest absolute Gasteiger partial charge is 0.229 e. The highest BCUT2D eigenvalue weighted by Crippen LogP contribution is 2.28. The number of likely N-dealkylation sites (tertiary alicyclic amines) is 1. The highest BCUT2D eigenvalue weighted by atomic mass is 16.2. The largest absolute Gasteiger partial charge is 0.341 e. The molecule has 28 heavy (non-hydrogen) atoms. The van der Waals surface area contributed by atoms with Crippen LogP contribution in [0, 0.1) is 6.92 Å². The van der Waals surface area contributed by atoms with Crippen LogP contribution in [0.5, 0.6) is 0 Å². The molecule has 0 aliphatic carbocycles. The fourth-order valence-corrected chi connectivity index (χ4v) is 4.33. The molecule has 3 heterocycles. The minimum Gasteiger partial charge on any atom is -0.341 e. The summed E-state index contributed by atoms with van der Waals surface area (Å²) in [6, 6.07) is 8.30. The number of hydrogen-bond acceptors (Lipinski definition) is 4. The number of carbonyl (C=O) groups is 1. The maximum absolute atomic E-state index is 13.1. The van der Waals surface area contributed by atoms with Crippen molar-refractivity contribution < 1.29 is 4.79 Å². The molecule has 0 bridgehead atoms. The van der Waals surface area contributed by atoms with Crippen molar-refractivity contribution in [1.29, 1.82) is 0 Å². The molecule has 5 heteroatoms. The van der Waals surface area contributed by atoms with Crippen LogP contribution >= 0.6 is 0 Å². The highest BCUT2D eigenvalue weighted by Gasteiger charge is 2.30. The van der Waals surface area contributed by atoms with Gasteiger partial charge in [0.05, 0.1) is 5.92 Å². The molecule has 0 spiro atoms. The second-order valence-corrected chi connectivity index (χ2v) is 8.44. The van der Waals surface area contributed by atoms with Crippen LogP contribution in [-0.4, -0.2) is 52.4 Å². The summed E-state index contributed by atoms with van der Waals surface area (Å²) in [5.41, 5.74) is 4.75. The molecule has 2 unspecified atom stereocenters. The zero-order valence-corrected chi connectivity index (χ0v) is 17.2. The van der Waals surface area contributed by atoms with Gasteiger partial charge < -0.3 is 9.80 Å². The van der Waals surface area contributed by atoms with E-state index in [0.29, 0.717) is 0 Å². The Bertz CT molecular complexity index is 848. The normalized spacial score (nSPS) is 21.2. The number of carbonyl (C=O) groups excluding carboxylic acids is 1. The van der Waals surface area contributed by atoms with Gasteiger partial charge in [0.25, 0.3) is 0 Å². The highest BCUT2D eigenvalue weighted by molar-refractivity contribution is 5.83. The zero-order valence-electron chi connectivity index (χ0n) is 17.2. The molecule has 2 aliphatic heterocycles. The molecule has 1 fully saturated rings. The van der Waals surface area contributed by atoms with Crippen LogP contribution in [0.25, 0.3) is 0 Å². The second-order valence-electron chi connectivity index (χ2n) is 8.44. The number of aromatic nitrogens is 2. The second kappa shape index (κ2) is 8.00. The monoisotopic (exact) mass is 378 g/mol. The van der Waals surface area contributed by atoms with Gasteiger partial charge in [-0.1, -0.05) is 29.8 Å². The first-order valence-electron chi connectivity index (χ1n) is 10.4. The lowest BCUT2D eigenvalue weighted by Gasteiger charge is -2.34. The first-order chi connectivity index (χ1) is 13.5. The average molecular weight is 379 g/mol. The standard InChI is InChI=1S/C23H30N4O/c1-16-6-8-18(9-7-16)17(2)23(28)27-11-4-5-19(15-27)22-24-13-20-14-26(3)12-10-21(20)25-22/h6-9,13,17,19H,4-5,10-12,14-15H2,1-3H3. The third-order valence-corrected chi connectivity index (χ3v) is 6.19. The van der Waals surface area contributed by atoms with Crippen molar-refractivity contribution in [3.8, 4) is 0 Å². The van der Waals surface area contributed by atoms with Gasteiger partial charge in [-0.15, -0.1) is 0 Å². The van der Waals surface area contributed by atoms with Gasteiger partial charge in [0.2, 0.25) is 5.91 Å². The van der Waals surface area contributed by atoms with Crippen LogP contribution in [0.15, 0.2) is 30.5 Å². The Morgan fingerprint density at radius 1 is 1.21 bits per heavy atom. The van der Waals surface area contributed by atoms with Crippen molar-refractivity contribution in [2.75, 3.05) is 26.7 Å². The van der Waals surface area contributed by atoms with Gasteiger partial charge >= 0.3 is 0 Å². The Morgan fingerprint density at radius 2 is 2.00 bits per heavy atom. The third-order valence-electron chi connectivity index (χ3n) is 6.19. The number of benzene rings is 1. The molecule has 2 aliphatic rings. The van der Waals surface area contributed by atoms with Crippen molar-refractivity contribution in [2.45, 2.75) is 51.5 Å².